The molecule has 0 N–H and O–H groups in total. The molecule has 0 heterocycles. The topological polar surface area (TPSA) is 43.2 Å². The average Bonchev–Trinajstić information content (AvgIpc) is 2.11. The van der Waals surface area contributed by atoms with Gasteiger partial charge >= 0.3 is 0 Å². The highest BCUT2D eigenvalue weighted by Crippen LogP contribution is 1.96. The van der Waals surface area contributed by atoms with Gasteiger partial charge in [-0.15, -0.1) is 12.4 Å². The quantitative estimate of drug-likeness (QED) is 0.492. The van der Waals surface area contributed by atoms with Crippen LogP contribution in [0.25, 0.3) is 0 Å². The van der Waals surface area contributed by atoms with Gasteiger partial charge in [-0.3, -0.25) is 0 Å². The van der Waals surface area contributed by atoms with E-state index in [2.05, 4.69) is 16.0 Å². The minimum absolute atomic E-state index is 0. The first-order valence-electron chi connectivity index (χ1n) is 3.98. The third-order valence-corrected chi connectivity index (χ3v) is 1.30. The number of hydrogen-bond acceptors (Lipinski definition) is 4. The maximum atomic E-state index is 4.97. The molecule has 0 unspecified atom stereocenters. The van der Waals surface area contributed by atoms with E-state index in [1.807, 2.05) is 6.92 Å². The summed E-state index contributed by atoms with van der Waals surface area (Å²) in [5.41, 5.74) is 0. The fraction of sp³-hybridized carbons (Fsp3) is 0.875. The van der Waals surface area contributed by atoms with E-state index < -0.39 is 0 Å². The van der Waals surface area contributed by atoms with Crippen LogP contribution in [0.15, 0.2) is 9.98 Å². The summed E-state index contributed by atoms with van der Waals surface area (Å²) in [4.78, 5) is 7.74. The molecule has 0 amide bonds. The van der Waals surface area contributed by atoms with Crippen LogP contribution in [-0.2, 0) is 9.47 Å². The standard InChI is InChI=1S/C8H16N2O2.ClH/c1-4-9-7-10-6-5-8(11-2)12-3;/h8H,4-6H2,1-3H3;1H. The molecule has 0 aliphatic carbocycles. The number of halogens is 1. The van der Waals surface area contributed by atoms with Gasteiger partial charge in [-0.05, 0) is 6.92 Å². The van der Waals surface area contributed by atoms with Crippen LogP contribution in [0.1, 0.15) is 13.3 Å². The van der Waals surface area contributed by atoms with Gasteiger partial charge in [0.15, 0.2) is 6.29 Å². The van der Waals surface area contributed by atoms with Crippen LogP contribution >= 0.6 is 12.4 Å². The van der Waals surface area contributed by atoms with Crippen molar-refractivity contribution in [2.75, 3.05) is 27.3 Å². The number of aliphatic imine (C=N–C) groups is 2. The van der Waals surface area contributed by atoms with E-state index >= 15 is 0 Å². The van der Waals surface area contributed by atoms with Gasteiger partial charge < -0.3 is 9.47 Å². The Bertz CT molecular complexity index is 154. The lowest BCUT2D eigenvalue weighted by molar-refractivity contribution is -0.104. The molecule has 0 saturated carbocycles. The summed E-state index contributed by atoms with van der Waals surface area (Å²) < 4.78 is 9.93. The summed E-state index contributed by atoms with van der Waals surface area (Å²) in [5, 5.41) is 0. The van der Waals surface area contributed by atoms with Gasteiger partial charge in [0, 0.05) is 27.2 Å². The summed E-state index contributed by atoms with van der Waals surface area (Å²) in [6.07, 6.45) is 0.566. The Balaban J connectivity index is 0. The summed E-state index contributed by atoms with van der Waals surface area (Å²) in [6, 6.07) is 2.58. The molecule has 13 heavy (non-hydrogen) atoms. The molecular formula is C8H17ClN2O2. The number of methoxy groups -OCH3 is 2. The van der Waals surface area contributed by atoms with Gasteiger partial charge in [0.25, 0.3) is 0 Å². The molecule has 0 aliphatic heterocycles. The molecule has 0 aliphatic rings. The van der Waals surface area contributed by atoms with Crippen molar-refractivity contribution in [3.8, 4) is 0 Å². The monoisotopic (exact) mass is 208 g/mol. The van der Waals surface area contributed by atoms with Gasteiger partial charge in [0.1, 0.15) is 0 Å². The third kappa shape index (κ3) is 9.50. The minimum atomic E-state index is -0.169. The van der Waals surface area contributed by atoms with Gasteiger partial charge in [-0.25, -0.2) is 9.98 Å². The average molecular weight is 209 g/mol. The van der Waals surface area contributed by atoms with E-state index in [9.17, 15) is 0 Å². The zero-order valence-electron chi connectivity index (χ0n) is 8.32. The van der Waals surface area contributed by atoms with Crippen molar-refractivity contribution in [2.24, 2.45) is 9.98 Å². The normalized spacial score (nSPS) is 8.92. The molecule has 0 rings (SSSR count). The maximum absolute atomic E-state index is 4.97. The van der Waals surface area contributed by atoms with Gasteiger partial charge in [-0.2, -0.15) is 0 Å². The van der Waals surface area contributed by atoms with Crippen LogP contribution in [0, 0.1) is 0 Å². The second-order valence-electron chi connectivity index (χ2n) is 2.15. The Morgan fingerprint density at radius 3 is 2.31 bits per heavy atom. The highest BCUT2D eigenvalue weighted by atomic mass is 35.5. The van der Waals surface area contributed by atoms with E-state index in [-0.39, 0.29) is 18.7 Å². The van der Waals surface area contributed by atoms with Gasteiger partial charge in [0.2, 0.25) is 0 Å². The molecule has 0 radical (unpaired) electrons. The van der Waals surface area contributed by atoms with Crippen LogP contribution in [0.2, 0.25) is 0 Å². The Morgan fingerprint density at radius 1 is 1.23 bits per heavy atom. The smallest absolute Gasteiger partial charge is 0.158 e. The second kappa shape index (κ2) is 11.6. The van der Waals surface area contributed by atoms with E-state index in [1.54, 1.807) is 14.2 Å². The maximum Gasteiger partial charge on any atom is 0.158 e. The van der Waals surface area contributed by atoms with Crippen LogP contribution in [0.5, 0.6) is 0 Å². The van der Waals surface area contributed by atoms with Gasteiger partial charge in [-0.1, -0.05) is 0 Å². The van der Waals surface area contributed by atoms with E-state index in [0.717, 1.165) is 13.0 Å². The lowest BCUT2D eigenvalue weighted by Crippen LogP contribution is -2.13. The highest BCUT2D eigenvalue weighted by molar-refractivity contribution is 5.85. The predicted octanol–water partition coefficient (Wildman–Crippen LogP) is 1.61. The van der Waals surface area contributed by atoms with Crippen LogP contribution in [-0.4, -0.2) is 39.6 Å². The van der Waals surface area contributed by atoms with Gasteiger partial charge in [0.05, 0.1) is 12.6 Å². The first kappa shape index (κ1) is 15.1. The van der Waals surface area contributed by atoms with E-state index in [4.69, 9.17) is 9.47 Å². The van der Waals surface area contributed by atoms with Crippen LogP contribution < -0.4 is 0 Å². The predicted molar refractivity (Wildman–Crippen MR) is 54.9 cm³/mol. The lowest BCUT2D eigenvalue weighted by Gasteiger charge is -2.10. The van der Waals surface area contributed by atoms with Crippen LogP contribution in [0.3, 0.4) is 0 Å². The van der Waals surface area contributed by atoms with E-state index in [0.29, 0.717) is 6.54 Å². The number of hydrogen-bond donors (Lipinski definition) is 0. The fourth-order valence-corrected chi connectivity index (χ4v) is 0.673. The molecule has 0 aromatic carbocycles. The number of ether oxygens (including phenoxy) is 2. The Hall–Kier alpha value is -0.410. The zero-order valence-corrected chi connectivity index (χ0v) is 9.13. The molecule has 5 heteroatoms. The minimum Gasteiger partial charge on any atom is -0.356 e. The Kier molecular flexibility index (Phi) is 13.4. The van der Waals surface area contributed by atoms with Crippen molar-refractivity contribution in [1.29, 1.82) is 0 Å². The van der Waals surface area contributed by atoms with Crippen molar-refractivity contribution in [3.63, 3.8) is 0 Å². The molecule has 0 spiro atoms. The first-order chi connectivity index (χ1) is 5.85. The molecule has 0 saturated heterocycles. The highest BCUT2D eigenvalue weighted by Gasteiger charge is 2.01. The summed E-state index contributed by atoms with van der Waals surface area (Å²) >= 11 is 0. The Morgan fingerprint density at radius 2 is 1.85 bits per heavy atom. The molecule has 0 atom stereocenters. The number of nitrogens with zero attached hydrogens (tertiary/aromatic N) is 2. The zero-order chi connectivity index (χ0) is 9.23. The fourth-order valence-electron chi connectivity index (χ4n) is 0.673. The third-order valence-electron chi connectivity index (χ3n) is 1.30. The molecule has 0 aromatic heterocycles. The SMILES string of the molecule is CCN=C=NCCC(OC)OC.Cl. The Labute approximate surface area is 85.5 Å². The summed E-state index contributed by atoms with van der Waals surface area (Å²) in [6.45, 7) is 3.30. The number of rotatable bonds is 6. The van der Waals surface area contributed by atoms with Crippen molar-refractivity contribution >= 4 is 18.4 Å². The summed E-state index contributed by atoms with van der Waals surface area (Å²) in [5.74, 6) is 0. The molecule has 78 valence electrons. The molecular weight excluding hydrogens is 192 g/mol. The second-order valence-corrected chi connectivity index (χ2v) is 2.15. The van der Waals surface area contributed by atoms with Crippen molar-refractivity contribution in [3.05, 3.63) is 0 Å². The largest absolute Gasteiger partial charge is 0.356 e. The van der Waals surface area contributed by atoms with Crippen molar-refractivity contribution in [2.45, 2.75) is 19.6 Å². The molecule has 4 nitrogen and oxygen atoms in total. The van der Waals surface area contributed by atoms with Crippen molar-refractivity contribution < 1.29 is 9.47 Å². The lowest BCUT2D eigenvalue weighted by atomic mass is 10.4. The molecule has 0 aromatic rings. The van der Waals surface area contributed by atoms with Crippen molar-refractivity contribution in [1.82, 2.24) is 0 Å². The first-order valence-corrected chi connectivity index (χ1v) is 3.98. The van der Waals surface area contributed by atoms with E-state index in [1.165, 1.54) is 0 Å². The molecule has 0 bridgehead atoms. The van der Waals surface area contributed by atoms with Crippen LogP contribution in [0.4, 0.5) is 0 Å². The summed E-state index contributed by atoms with van der Waals surface area (Å²) in [7, 11) is 3.22. The molecule has 0 fully saturated rings.